The molecule has 0 aliphatic heterocycles. The summed E-state index contributed by atoms with van der Waals surface area (Å²) in [4.78, 5) is 0. The van der Waals surface area contributed by atoms with Gasteiger partial charge in [-0.15, -0.1) is 0 Å². The van der Waals surface area contributed by atoms with Crippen LogP contribution < -0.4 is 5.32 Å². The monoisotopic (exact) mass is 179 g/mol. The van der Waals surface area contributed by atoms with E-state index >= 15 is 0 Å². The molecule has 70 valence electrons. The molecule has 0 radical (unpaired) electrons. The first-order valence-electron chi connectivity index (χ1n) is 4.66. The van der Waals surface area contributed by atoms with E-state index in [1.54, 1.807) is 0 Å². The molecule has 0 amide bonds. The topological polar surface area (TPSA) is 12.0 Å². The molecular formula is C11H14FN. The summed E-state index contributed by atoms with van der Waals surface area (Å²) in [5.41, 5.74) is -0.222. The van der Waals surface area contributed by atoms with Crippen LogP contribution in [0.1, 0.15) is 12.0 Å². The molecule has 2 atom stereocenters. The van der Waals surface area contributed by atoms with Crippen molar-refractivity contribution in [3.8, 4) is 0 Å². The summed E-state index contributed by atoms with van der Waals surface area (Å²) in [6.45, 7) is 0.769. The normalized spacial score (nSPS) is 31.7. The highest BCUT2D eigenvalue weighted by Gasteiger charge is 2.55. The van der Waals surface area contributed by atoms with Crippen molar-refractivity contribution in [1.29, 1.82) is 0 Å². The van der Waals surface area contributed by atoms with Gasteiger partial charge in [-0.3, -0.25) is 0 Å². The predicted molar refractivity (Wildman–Crippen MR) is 51.3 cm³/mol. The summed E-state index contributed by atoms with van der Waals surface area (Å²) >= 11 is 0. The zero-order valence-electron chi connectivity index (χ0n) is 7.76. The molecule has 0 aromatic heterocycles. The Morgan fingerprint density at radius 3 is 2.77 bits per heavy atom. The number of hydrogen-bond donors (Lipinski definition) is 1. The van der Waals surface area contributed by atoms with Crippen molar-refractivity contribution in [1.82, 2.24) is 5.32 Å². The Hall–Kier alpha value is -0.890. The van der Waals surface area contributed by atoms with Crippen LogP contribution in [0.5, 0.6) is 0 Å². The average Bonchev–Trinajstić information content (AvgIpc) is 2.81. The minimum atomic E-state index is -1.05. The Labute approximate surface area is 78.0 Å². The molecule has 1 nitrogen and oxygen atoms in total. The third-order valence-electron chi connectivity index (χ3n) is 2.73. The molecule has 2 heteroatoms. The number of rotatable bonds is 3. The lowest BCUT2D eigenvalue weighted by molar-refractivity contribution is 0.285. The Kier molecular flexibility index (Phi) is 2.08. The summed E-state index contributed by atoms with van der Waals surface area (Å²) < 4.78 is 14.0. The molecule has 0 unspecified atom stereocenters. The Bertz CT molecular complexity index is 285. The van der Waals surface area contributed by atoms with E-state index < -0.39 is 5.67 Å². The van der Waals surface area contributed by atoms with Gasteiger partial charge in [-0.2, -0.15) is 0 Å². The maximum Gasteiger partial charge on any atom is 0.140 e. The maximum absolute atomic E-state index is 14.0. The molecule has 0 heterocycles. The molecular weight excluding hydrogens is 165 g/mol. The Morgan fingerprint density at radius 1 is 1.46 bits per heavy atom. The Morgan fingerprint density at radius 2 is 2.15 bits per heavy atom. The second-order valence-corrected chi connectivity index (χ2v) is 3.69. The van der Waals surface area contributed by atoms with Crippen molar-refractivity contribution in [2.45, 2.75) is 12.1 Å². The third kappa shape index (κ3) is 1.46. The first-order valence-corrected chi connectivity index (χ1v) is 4.66. The van der Waals surface area contributed by atoms with Crippen molar-refractivity contribution in [2.24, 2.45) is 5.92 Å². The van der Waals surface area contributed by atoms with E-state index in [2.05, 4.69) is 5.32 Å². The van der Waals surface area contributed by atoms with Crippen molar-refractivity contribution in [2.75, 3.05) is 13.6 Å². The van der Waals surface area contributed by atoms with Crippen molar-refractivity contribution in [3.63, 3.8) is 0 Å². The van der Waals surface area contributed by atoms with Gasteiger partial charge >= 0.3 is 0 Å². The molecule has 1 N–H and O–H groups in total. The molecule has 1 saturated carbocycles. The number of halogens is 1. The molecule has 0 bridgehead atoms. The molecule has 0 spiro atoms. The first-order chi connectivity index (χ1) is 6.27. The smallest absolute Gasteiger partial charge is 0.140 e. The van der Waals surface area contributed by atoms with E-state index in [9.17, 15) is 4.39 Å². The highest BCUT2D eigenvalue weighted by atomic mass is 19.1. The van der Waals surface area contributed by atoms with Crippen molar-refractivity contribution < 1.29 is 4.39 Å². The minimum Gasteiger partial charge on any atom is -0.319 e. The number of benzene rings is 1. The van der Waals surface area contributed by atoms with E-state index in [0.29, 0.717) is 6.42 Å². The van der Waals surface area contributed by atoms with Gasteiger partial charge < -0.3 is 5.32 Å². The lowest BCUT2D eigenvalue weighted by Gasteiger charge is -2.07. The zero-order chi connectivity index (χ0) is 9.31. The molecule has 1 aliphatic rings. The second kappa shape index (κ2) is 3.11. The molecule has 1 aromatic carbocycles. The maximum atomic E-state index is 14.0. The van der Waals surface area contributed by atoms with Crippen LogP contribution in [0.2, 0.25) is 0 Å². The number of alkyl halides is 1. The molecule has 1 aliphatic carbocycles. The zero-order valence-corrected chi connectivity index (χ0v) is 7.76. The highest BCUT2D eigenvalue weighted by molar-refractivity contribution is 5.29. The van der Waals surface area contributed by atoms with E-state index in [-0.39, 0.29) is 5.92 Å². The lowest BCUT2D eigenvalue weighted by Crippen LogP contribution is -2.14. The largest absolute Gasteiger partial charge is 0.319 e. The van der Waals surface area contributed by atoms with Crippen LogP contribution in [0.25, 0.3) is 0 Å². The SMILES string of the molecule is CNC[C@H]1C[C@]1(F)c1ccccc1. The quantitative estimate of drug-likeness (QED) is 0.749. The summed E-state index contributed by atoms with van der Waals surface area (Å²) in [7, 11) is 1.86. The predicted octanol–water partition coefficient (Wildman–Crippen LogP) is 2.09. The van der Waals surface area contributed by atoms with Gasteiger partial charge in [0.05, 0.1) is 0 Å². The van der Waals surface area contributed by atoms with Crippen LogP contribution >= 0.6 is 0 Å². The van der Waals surface area contributed by atoms with E-state index in [1.807, 2.05) is 37.4 Å². The van der Waals surface area contributed by atoms with Gasteiger partial charge in [-0.05, 0) is 19.0 Å². The van der Waals surface area contributed by atoms with E-state index in [4.69, 9.17) is 0 Å². The van der Waals surface area contributed by atoms with Crippen LogP contribution in [0.4, 0.5) is 4.39 Å². The molecule has 1 fully saturated rings. The summed E-state index contributed by atoms with van der Waals surface area (Å²) in [5.74, 6) is 0.167. The van der Waals surface area contributed by atoms with Gasteiger partial charge in [0.25, 0.3) is 0 Å². The fraction of sp³-hybridized carbons (Fsp3) is 0.455. The first kappa shape index (κ1) is 8.70. The molecule has 13 heavy (non-hydrogen) atoms. The van der Waals surface area contributed by atoms with Gasteiger partial charge in [0.15, 0.2) is 0 Å². The molecule has 0 saturated heterocycles. The van der Waals surface area contributed by atoms with Crippen LogP contribution in [0.15, 0.2) is 30.3 Å². The standard InChI is InChI=1S/C11H14FN/c1-13-8-10-7-11(10,12)9-5-3-2-4-6-9/h2-6,10,13H,7-8H2,1H3/t10-,11+/m1/s1. The van der Waals surface area contributed by atoms with Gasteiger partial charge in [-0.1, -0.05) is 30.3 Å². The van der Waals surface area contributed by atoms with Crippen LogP contribution in [-0.4, -0.2) is 13.6 Å². The summed E-state index contributed by atoms with van der Waals surface area (Å²) in [6.07, 6.45) is 0.665. The minimum absolute atomic E-state index is 0.167. The Balaban J connectivity index is 2.11. The van der Waals surface area contributed by atoms with Gasteiger partial charge in [-0.25, -0.2) is 4.39 Å². The van der Waals surface area contributed by atoms with Crippen LogP contribution in [0.3, 0.4) is 0 Å². The molecule has 2 rings (SSSR count). The fourth-order valence-corrected chi connectivity index (χ4v) is 1.85. The number of hydrogen-bond acceptors (Lipinski definition) is 1. The second-order valence-electron chi connectivity index (χ2n) is 3.69. The lowest BCUT2D eigenvalue weighted by atomic mass is 10.1. The van der Waals surface area contributed by atoms with Crippen molar-refractivity contribution in [3.05, 3.63) is 35.9 Å². The highest BCUT2D eigenvalue weighted by Crippen LogP contribution is 2.55. The molecule has 1 aromatic rings. The van der Waals surface area contributed by atoms with Crippen molar-refractivity contribution >= 4 is 0 Å². The van der Waals surface area contributed by atoms with Gasteiger partial charge in [0, 0.05) is 12.5 Å². The van der Waals surface area contributed by atoms with Gasteiger partial charge in [0.1, 0.15) is 5.67 Å². The summed E-state index contributed by atoms with van der Waals surface area (Å²) in [5, 5.41) is 3.01. The fourth-order valence-electron chi connectivity index (χ4n) is 1.85. The van der Waals surface area contributed by atoms with E-state index in [0.717, 1.165) is 12.1 Å². The van der Waals surface area contributed by atoms with Crippen LogP contribution in [-0.2, 0) is 5.67 Å². The van der Waals surface area contributed by atoms with Gasteiger partial charge in [0.2, 0.25) is 0 Å². The van der Waals surface area contributed by atoms with E-state index in [1.165, 1.54) is 0 Å². The third-order valence-corrected chi connectivity index (χ3v) is 2.73. The number of nitrogens with one attached hydrogen (secondary N) is 1. The average molecular weight is 179 g/mol. The van der Waals surface area contributed by atoms with Crippen LogP contribution in [0, 0.1) is 5.92 Å². The summed E-state index contributed by atoms with van der Waals surface area (Å²) in [6, 6.07) is 9.45.